The van der Waals surface area contributed by atoms with Crippen LogP contribution in [0.1, 0.15) is 18.5 Å². The van der Waals surface area contributed by atoms with Crippen molar-refractivity contribution in [1.82, 2.24) is 5.32 Å². The number of hydrogen-bond donors (Lipinski definition) is 2. The second kappa shape index (κ2) is 5.86. The van der Waals surface area contributed by atoms with E-state index in [-0.39, 0.29) is 18.6 Å². The number of likely N-dealkylation sites (N-methyl/N-ethyl adjacent to an activating group) is 1. The number of carbonyl (C=O) groups is 1. The number of carbonyl (C=O) groups excluding carboxylic acids is 1. The third-order valence-corrected chi connectivity index (χ3v) is 2.60. The van der Waals surface area contributed by atoms with Crippen molar-refractivity contribution >= 4 is 21.8 Å². The molecule has 0 aliphatic rings. The molecule has 3 N–H and O–H groups in total. The average Bonchev–Trinajstić information content (AvgIpc) is 2.25. The second-order valence-corrected chi connectivity index (χ2v) is 4.35. The van der Waals surface area contributed by atoms with Crippen LogP contribution < -0.4 is 15.8 Å². The Morgan fingerprint density at radius 3 is 2.88 bits per heavy atom. The summed E-state index contributed by atoms with van der Waals surface area (Å²) >= 11 is 3.35. The van der Waals surface area contributed by atoms with Crippen LogP contribution in [-0.4, -0.2) is 19.6 Å². The SMILES string of the molecule is CNC(=O)COc1cc(Br)ccc1[C@@H](C)N. The van der Waals surface area contributed by atoms with Gasteiger partial charge >= 0.3 is 0 Å². The number of ether oxygens (including phenoxy) is 1. The Bertz CT molecular complexity index is 380. The number of amides is 1. The lowest BCUT2D eigenvalue weighted by molar-refractivity contribution is -0.122. The first kappa shape index (κ1) is 13.0. The van der Waals surface area contributed by atoms with Gasteiger partial charge in [0.25, 0.3) is 5.91 Å². The first-order chi connectivity index (χ1) is 7.54. The molecule has 0 unspecified atom stereocenters. The van der Waals surface area contributed by atoms with Gasteiger partial charge in [0.15, 0.2) is 6.61 Å². The fourth-order valence-corrected chi connectivity index (χ4v) is 1.56. The Balaban J connectivity index is 2.84. The minimum atomic E-state index is -0.171. The molecule has 5 heteroatoms. The van der Waals surface area contributed by atoms with Gasteiger partial charge in [0.05, 0.1) is 0 Å². The number of hydrogen-bond acceptors (Lipinski definition) is 3. The maximum absolute atomic E-state index is 11.1. The molecular formula is C11H15BrN2O2. The highest BCUT2D eigenvalue weighted by molar-refractivity contribution is 9.10. The molecular weight excluding hydrogens is 272 g/mol. The quantitative estimate of drug-likeness (QED) is 0.884. The molecule has 0 aromatic heterocycles. The van der Waals surface area contributed by atoms with Gasteiger partial charge in [-0.2, -0.15) is 0 Å². The van der Waals surface area contributed by atoms with Gasteiger partial charge in [-0.25, -0.2) is 0 Å². The van der Waals surface area contributed by atoms with E-state index in [1.165, 1.54) is 0 Å². The normalized spacial score (nSPS) is 12.0. The van der Waals surface area contributed by atoms with Crippen molar-refractivity contribution in [2.75, 3.05) is 13.7 Å². The van der Waals surface area contributed by atoms with Crippen LogP contribution in [0.15, 0.2) is 22.7 Å². The smallest absolute Gasteiger partial charge is 0.257 e. The van der Waals surface area contributed by atoms with E-state index in [1.54, 1.807) is 7.05 Å². The molecule has 4 nitrogen and oxygen atoms in total. The van der Waals surface area contributed by atoms with Crippen molar-refractivity contribution < 1.29 is 9.53 Å². The molecule has 0 bridgehead atoms. The predicted molar refractivity (Wildman–Crippen MR) is 66.3 cm³/mol. The monoisotopic (exact) mass is 286 g/mol. The maximum atomic E-state index is 11.1. The molecule has 1 amide bonds. The largest absolute Gasteiger partial charge is 0.483 e. The lowest BCUT2D eigenvalue weighted by Crippen LogP contribution is -2.25. The van der Waals surface area contributed by atoms with E-state index in [2.05, 4.69) is 21.2 Å². The van der Waals surface area contributed by atoms with Gasteiger partial charge in [-0.1, -0.05) is 22.0 Å². The lowest BCUT2D eigenvalue weighted by Gasteiger charge is -2.13. The number of halogens is 1. The van der Waals surface area contributed by atoms with E-state index in [9.17, 15) is 4.79 Å². The topological polar surface area (TPSA) is 64.3 Å². The van der Waals surface area contributed by atoms with Crippen LogP contribution >= 0.6 is 15.9 Å². The fraction of sp³-hybridized carbons (Fsp3) is 0.364. The van der Waals surface area contributed by atoms with Gasteiger partial charge in [0, 0.05) is 23.1 Å². The van der Waals surface area contributed by atoms with Gasteiger partial charge in [-0.3, -0.25) is 4.79 Å². The van der Waals surface area contributed by atoms with Gasteiger partial charge in [0.1, 0.15) is 5.75 Å². The highest BCUT2D eigenvalue weighted by Gasteiger charge is 2.09. The molecule has 0 aliphatic carbocycles. The number of benzene rings is 1. The van der Waals surface area contributed by atoms with Crippen molar-refractivity contribution in [2.45, 2.75) is 13.0 Å². The van der Waals surface area contributed by atoms with Gasteiger partial charge in [-0.05, 0) is 19.1 Å². The van der Waals surface area contributed by atoms with Gasteiger partial charge in [-0.15, -0.1) is 0 Å². The van der Waals surface area contributed by atoms with E-state index in [4.69, 9.17) is 10.5 Å². The summed E-state index contributed by atoms with van der Waals surface area (Å²) in [6, 6.07) is 5.45. The molecule has 1 aromatic rings. The number of nitrogens with two attached hydrogens (primary N) is 1. The van der Waals surface area contributed by atoms with E-state index in [1.807, 2.05) is 25.1 Å². The molecule has 0 fully saturated rings. The molecule has 0 saturated carbocycles. The third kappa shape index (κ3) is 3.50. The summed E-state index contributed by atoms with van der Waals surface area (Å²) in [5, 5.41) is 2.49. The van der Waals surface area contributed by atoms with Crippen molar-refractivity contribution in [3.05, 3.63) is 28.2 Å². The summed E-state index contributed by atoms with van der Waals surface area (Å²) in [6.07, 6.45) is 0. The zero-order valence-electron chi connectivity index (χ0n) is 9.29. The summed E-state index contributed by atoms with van der Waals surface area (Å²) in [6.45, 7) is 1.86. The Morgan fingerprint density at radius 1 is 1.62 bits per heavy atom. The minimum Gasteiger partial charge on any atom is -0.483 e. The molecule has 16 heavy (non-hydrogen) atoms. The van der Waals surface area contributed by atoms with Gasteiger partial charge < -0.3 is 15.8 Å². The van der Waals surface area contributed by atoms with E-state index in [0.29, 0.717) is 5.75 Å². The van der Waals surface area contributed by atoms with E-state index < -0.39 is 0 Å². The van der Waals surface area contributed by atoms with Crippen molar-refractivity contribution in [2.24, 2.45) is 5.73 Å². The van der Waals surface area contributed by atoms with Crippen molar-refractivity contribution in [1.29, 1.82) is 0 Å². The molecule has 0 radical (unpaired) electrons. The van der Waals surface area contributed by atoms with Crippen molar-refractivity contribution in [3.8, 4) is 5.75 Å². The van der Waals surface area contributed by atoms with E-state index >= 15 is 0 Å². The molecule has 0 aliphatic heterocycles. The van der Waals surface area contributed by atoms with Gasteiger partial charge in [0.2, 0.25) is 0 Å². The van der Waals surface area contributed by atoms with Crippen LogP contribution in [0.4, 0.5) is 0 Å². The van der Waals surface area contributed by atoms with Crippen LogP contribution in [0.25, 0.3) is 0 Å². The minimum absolute atomic E-state index is 0.00727. The summed E-state index contributed by atoms with van der Waals surface area (Å²) < 4.78 is 6.30. The third-order valence-electron chi connectivity index (χ3n) is 2.10. The number of rotatable bonds is 4. The van der Waals surface area contributed by atoms with Crippen LogP contribution in [0.3, 0.4) is 0 Å². The molecule has 1 atom stereocenters. The maximum Gasteiger partial charge on any atom is 0.257 e. The zero-order chi connectivity index (χ0) is 12.1. The van der Waals surface area contributed by atoms with Crippen LogP contribution in [0, 0.1) is 0 Å². The molecule has 0 heterocycles. The van der Waals surface area contributed by atoms with Crippen LogP contribution in [0.2, 0.25) is 0 Å². The Hall–Kier alpha value is -1.07. The Morgan fingerprint density at radius 2 is 2.31 bits per heavy atom. The second-order valence-electron chi connectivity index (χ2n) is 3.43. The first-order valence-electron chi connectivity index (χ1n) is 4.93. The highest BCUT2D eigenvalue weighted by Crippen LogP contribution is 2.27. The zero-order valence-corrected chi connectivity index (χ0v) is 10.9. The van der Waals surface area contributed by atoms with Crippen LogP contribution in [-0.2, 0) is 4.79 Å². The first-order valence-corrected chi connectivity index (χ1v) is 5.72. The molecule has 88 valence electrons. The molecule has 0 spiro atoms. The Labute approximate surface area is 103 Å². The molecule has 1 rings (SSSR count). The summed E-state index contributed by atoms with van der Waals surface area (Å²) in [7, 11) is 1.57. The number of nitrogens with one attached hydrogen (secondary N) is 1. The molecule has 0 saturated heterocycles. The fourth-order valence-electron chi connectivity index (χ4n) is 1.22. The summed E-state index contributed by atoms with van der Waals surface area (Å²) in [5.74, 6) is 0.462. The predicted octanol–water partition coefficient (Wildman–Crippen LogP) is 1.59. The standard InChI is InChI=1S/C11H15BrN2O2/c1-7(13)9-4-3-8(12)5-10(9)16-6-11(15)14-2/h3-5,7H,6,13H2,1-2H3,(H,14,15)/t7-/m1/s1. The highest BCUT2D eigenvalue weighted by atomic mass is 79.9. The van der Waals surface area contributed by atoms with E-state index in [0.717, 1.165) is 10.0 Å². The summed E-state index contributed by atoms with van der Waals surface area (Å²) in [5.41, 5.74) is 6.69. The Kier molecular flexibility index (Phi) is 4.76. The molecule has 1 aromatic carbocycles. The average molecular weight is 287 g/mol. The van der Waals surface area contributed by atoms with Crippen molar-refractivity contribution in [3.63, 3.8) is 0 Å². The lowest BCUT2D eigenvalue weighted by atomic mass is 10.1. The van der Waals surface area contributed by atoms with Crippen LogP contribution in [0.5, 0.6) is 5.75 Å². The summed E-state index contributed by atoms with van der Waals surface area (Å²) in [4.78, 5) is 11.1.